The third-order valence-corrected chi connectivity index (χ3v) is 1.95. The Hall–Kier alpha value is -1.77. The fraction of sp³-hybridized carbons (Fsp3) is 0.182. The molecule has 0 heterocycles. The summed E-state index contributed by atoms with van der Waals surface area (Å²) < 4.78 is 5.05. The molecule has 0 atom stereocenters. The lowest BCUT2D eigenvalue weighted by Gasteiger charge is -2.15. The van der Waals surface area contributed by atoms with Gasteiger partial charge in [-0.2, -0.15) is 0 Å². The van der Waals surface area contributed by atoms with Gasteiger partial charge in [-0.3, -0.25) is 4.79 Å². The van der Waals surface area contributed by atoms with Crippen LogP contribution >= 0.6 is 0 Å². The number of methoxy groups -OCH3 is 1. The van der Waals surface area contributed by atoms with Crippen LogP contribution in [0.2, 0.25) is 0 Å². The Morgan fingerprint density at radius 1 is 1.57 bits per heavy atom. The lowest BCUT2D eigenvalue weighted by atomic mass is 10.3. The van der Waals surface area contributed by atoms with Crippen LogP contribution in [0.15, 0.2) is 36.9 Å². The third-order valence-electron chi connectivity index (χ3n) is 1.95. The molecule has 0 radical (unpaired) electrons. The number of ether oxygens (including phenoxy) is 1. The van der Waals surface area contributed by atoms with E-state index in [1.807, 2.05) is 18.2 Å². The predicted octanol–water partition coefficient (Wildman–Crippen LogP) is 1.84. The van der Waals surface area contributed by atoms with Crippen molar-refractivity contribution in [1.82, 2.24) is 0 Å². The first-order chi connectivity index (χ1) is 6.69. The molecule has 3 heteroatoms. The Labute approximate surface area is 83.6 Å². The summed E-state index contributed by atoms with van der Waals surface area (Å²) in [6.07, 6.45) is 1.28. The molecule has 1 rings (SSSR count). The highest BCUT2D eigenvalue weighted by Crippen LogP contribution is 2.19. The van der Waals surface area contributed by atoms with Crippen LogP contribution in [0.5, 0.6) is 5.75 Å². The molecule has 0 spiro atoms. The zero-order valence-electron chi connectivity index (χ0n) is 8.36. The Balaban J connectivity index is 2.94. The van der Waals surface area contributed by atoms with E-state index in [2.05, 4.69) is 6.58 Å². The summed E-state index contributed by atoms with van der Waals surface area (Å²) in [7, 11) is 3.28. The van der Waals surface area contributed by atoms with Crippen LogP contribution in [0.3, 0.4) is 0 Å². The summed E-state index contributed by atoms with van der Waals surface area (Å²) in [5, 5.41) is 0. The normalized spacial score (nSPS) is 9.29. The Morgan fingerprint density at radius 2 is 2.29 bits per heavy atom. The molecule has 1 aromatic carbocycles. The molecule has 0 saturated heterocycles. The number of carbonyl (C=O) groups is 1. The number of carbonyl (C=O) groups excluding carboxylic acids is 1. The van der Waals surface area contributed by atoms with Gasteiger partial charge in [0.05, 0.1) is 7.11 Å². The first kappa shape index (κ1) is 10.3. The van der Waals surface area contributed by atoms with E-state index in [9.17, 15) is 4.79 Å². The summed E-state index contributed by atoms with van der Waals surface area (Å²) in [4.78, 5) is 12.8. The number of hydrogen-bond donors (Lipinski definition) is 0. The number of nitrogens with zero attached hydrogens (tertiary/aromatic N) is 1. The monoisotopic (exact) mass is 191 g/mol. The van der Waals surface area contributed by atoms with E-state index in [1.165, 1.54) is 11.0 Å². The van der Waals surface area contributed by atoms with Gasteiger partial charge in [0.25, 0.3) is 0 Å². The highest BCUT2D eigenvalue weighted by atomic mass is 16.5. The van der Waals surface area contributed by atoms with Crippen LogP contribution in [0, 0.1) is 0 Å². The second-order valence-corrected chi connectivity index (χ2v) is 2.80. The van der Waals surface area contributed by atoms with Crippen molar-refractivity contribution >= 4 is 11.6 Å². The molecule has 14 heavy (non-hydrogen) atoms. The molecule has 0 aliphatic rings. The molecule has 0 fully saturated rings. The molecule has 0 aliphatic carbocycles. The van der Waals surface area contributed by atoms with Crippen molar-refractivity contribution in [2.45, 2.75) is 0 Å². The quantitative estimate of drug-likeness (QED) is 0.682. The van der Waals surface area contributed by atoms with Crippen molar-refractivity contribution in [3.63, 3.8) is 0 Å². The molecule has 0 aromatic heterocycles. The van der Waals surface area contributed by atoms with E-state index in [0.29, 0.717) is 0 Å². The number of benzene rings is 1. The first-order valence-electron chi connectivity index (χ1n) is 4.23. The molecule has 3 nitrogen and oxygen atoms in total. The predicted molar refractivity (Wildman–Crippen MR) is 56.6 cm³/mol. The number of likely N-dealkylation sites (N-methyl/N-ethyl adjacent to an activating group) is 1. The maximum Gasteiger partial charge on any atom is 0.250 e. The van der Waals surface area contributed by atoms with Crippen LogP contribution in [0.4, 0.5) is 5.69 Å². The van der Waals surface area contributed by atoms with E-state index in [1.54, 1.807) is 20.2 Å². The molecule has 1 amide bonds. The molecule has 74 valence electrons. The van der Waals surface area contributed by atoms with Crippen molar-refractivity contribution in [2.24, 2.45) is 0 Å². The van der Waals surface area contributed by atoms with Crippen LogP contribution in [-0.4, -0.2) is 20.1 Å². The highest BCUT2D eigenvalue weighted by molar-refractivity contribution is 6.00. The van der Waals surface area contributed by atoms with E-state index in [4.69, 9.17) is 4.74 Å². The van der Waals surface area contributed by atoms with E-state index in [-0.39, 0.29) is 5.91 Å². The number of rotatable bonds is 3. The van der Waals surface area contributed by atoms with E-state index in [0.717, 1.165) is 11.4 Å². The molecule has 0 N–H and O–H groups in total. The molecule has 0 aliphatic heterocycles. The fourth-order valence-corrected chi connectivity index (χ4v) is 1.08. The van der Waals surface area contributed by atoms with Crippen LogP contribution in [0.25, 0.3) is 0 Å². The van der Waals surface area contributed by atoms with Crippen LogP contribution in [-0.2, 0) is 4.79 Å². The van der Waals surface area contributed by atoms with Crippen molar-refractivity contribution in [3.05, 3.63) is 36.9 Å². The molecule has 0 unspecified atom stereocenters. The Kier molecular flexibility index (Phi) is 3.29. The van der Waals surface area contributed by atoms with Gasteiger partial charge in [-0.15, -0.1) is 0 Å². The second-order valence-electron chi connectivity index (χ2n) is 2.80. The van der Waals surface area contributed by atoms with Gasteiger partial charge in [-0.25, -0.2) is 0 Å². The lowest BCUT2D eigenvalue weighted by molar-refractivity contribution is -0.113. The lowest BCUT2D eigenvalue weighted by Crippen LogP contribution is -2.23. The molecule has 1 aromatic rings. The average Bonchev–Trinajstić information content (AvgIpc) is 2.27. The van der Waals surface area contributed by atoms with Crippen molar-refractivity contribution in [1.29, 1.82) is 0 Å². The van der Waals surface area contributed by atoms with Crippen molar-refractivity contribution in [3.8, 4) is 5.75 Å². The minimum atomic E-state index is -0.141. The molecular weight excluding hydrogens is 178 g/mol. The minimum Gasteiger partial charge on any atom is -0.497 e. The van der Waals surface area contributed by atoms with Gasteiger partial charge in [0.2, 0.25) is 5.91 Å². The summed E-state index contributed by atoms with van der Waals surface area (Å²) in [5.74, 6) is 0.587. The van der Waals surface area contributed by atoms with E-state index >= 15 is 0 Å². The summed E-state index contributed by atoms with van der Waals surface area (Å²) in [6, 6.07) is 7.29. The van der Waals surface area contributed by atoms with Gasteiger partial charge in [-0.05, 0) is 18.2 Å². The van der Waals surface area contributed by atoms with E-state index < -0.39 is 0 Å². The molecular formula is C11H13NO2. The minimum absolute atomic E-state index is 0.141. The van der Waals surface area contributed by atoms with Gasteiger partial charge in [0.15, 0.2) is 0 Å². The Bertz CT molecular complexity index is 347. The van der Waals surface area contributed by atoms with Gasteiger partial charge in [-0.1, -0.05) is 12.6 Å². The zero-order chi connectivity index (χ0) is 10.6. The average molecular weight is 191 g/mol. The summed E-state index contributed by atoms with van der Waals surface area (Å²) >= 11 is 0. The topological polar surface area (TPSA) is 29.5 Å². The van der Waals surface area contributed by atoms with Gasteiger partial charge in [0.1, 0.15) is 5.75 Å². The molecule has 0 bridgehead atoms. The SMILES string of the molecule is C=CC(=O)N(C)c1cccc(OC)c1. The van der Waals surface area contributed by atoms with Crippen molar-refractivity contribution < 1.29 is 9.53 Å². The van der Waals surface area contributed by atoms with Gasteiger partial charge in [0, 0.05) is 18.8 Å². The third kappa shape index (κ3) is 2.13. The fourth-order valence-electron chi connectivity index (χ4n) is 1.08. The maximum atomic E-state index is 11.3. The summed E-state index contributed by atoms with van der Waals surface area (Å²) in [6.45, 7) is 3.43. The Morgan fingerprint density at radius 3 is 2.86 bits per heavy atom. The number of amides is 1. The first-order valence-corrected chi connectivity index (χ1v) is 4.23. The smallest absolute Gasteiger partial charge is 0.250 e. The van der Waals surface area contributed by atoms with Crippen LogP contribution < -0.4 is 9.64 Å². The molecule has 0 saturated carbocycles. The van der Waals surface area contributed by atoms with Gasteiger partial charge >= 0.3 is 0 Å². The highest BCUT2D eigenvalue weighted by Gasteiger charge is 2.06. The summed E-state index contributed by atoms with van der Waals surface area (Å²) in [5.41, 5.74) is 0.786. The van der Waals surface area contributed by atoms with Crippen molar-refractivity contribution in [2.75, 3.05) is 19.1 Å². The number of hydrogen-bond acceptors (Lipinski definition) is 2. The zero-order valence-corrected chi connectivity index (χ0v) is 8.36. The largest absolute Gasteiger partial charge is 0.497 e. The standard InChI is InChI=1S/C11H13NO2/c1-4-11(13)12(2)9-6-5-7-10(8-9)14-3/h4-8H,1H2,2-3H3. The second kappa shape index (κ2) is 4.46. The van der Waals surface area contributed by atoms with Gasteiger partial charge < -0.3 is 9.64 Å². The number of anilines is 1. The maximum absolute atomic E-state index is 11.3. The van der Waals surface area contributed by atoms with Crippen LogP contribution in [0.1, 0.15) is 0 Å².